The summed E-state index contributed by atoms with van der Waals surface area (Å²) >= 11 is 5.95. The molecule has 7 nitrogen and oxygen atoms in total. The van der Waals surface area contributed by atoms with Gasteiger partial charge >= 0.3 is 5.97 Å². The quantitative estimate of drug-likeness (QED) is 0.579. The van der Waals surface area contributed by atoms with Crippen molar-refractivity contribution in [3.05, 3.63) is 59.1 Å². The summed E-state index contributed by atoms with van der Waals surface area (Å²) in [4.78, 5) is 49.2. The monoisotopic (exact) mass is 414 g/mol. The molecule has 0 spiro atoms. The van der Waals surface area contributed by atoms with E-state index in [-0.39, 0.29) is 24.7 Å². The van der Waals surface area contributed by atoms with Gasteiger partial charge in [-0.2, -0.15) is 0 Å². The second-order valence-electron chi connectivity index (χ2n) is 6.67. The third kappa shape index (κ3) is 5.20. The van der Waals surface area contributed by atoms with E-state index in [0.29, 0.717) is 22.0 Å². The third-order valence-corrected chi connectivity index (χ3v) is 4.73. The smallest absolute Gasteiger partial charge is 0.311 e. The van der Waals surface area contributed by atoms with Crippen molar-refractivity contribution in [2.45, 2.75) is 13.3 Å². The Hall–Kier alpha value is -3.19. The second-order valence-corrected chi connectivity index (χ2v) is 7.11. The Balaban J connectivity index is 1.51. The topological polar surface area (TPSA) is 92.8 Å². The number of amides is 2. The molecule has 1 aliphatic heterocycles. The molecule has 0 unspecified atom stereocenters. The summed E-state index contributed by atoms with van der Waals surface area (Å²) in [6, 6.07) is 13.2. The number of Topliss-reactive ketones (excluding diaryl/α,β-unsaturated/α-hetero) is 1. The molecule has 1 saturated heterocycles. The minimum atomic E-state index is -0.649. The summed E-state index contributed by atoms with van der Waals surface area (Å²) in [6.45, 7) is 1.16. The highest BCUT2D eigenvalue weighted by molar-refractivity contribution is 6.31. The highest BCUT2D eigenvalue weighted by Gasteiger charge is 2.36. The first-order valence-corrected chi connectivity index (χ1v) is 9.34. The summed E-state index contributed by atoms with van der Waals surface area (Å²) in [5, 5.41) is 3.08. The number of esters is 1. The van der Waals surface area contributed by atoms with Crippen LogP contribution in [0.25, 0.3) is 0 Å². The normalized spacial score (nSPS) is 15.9. The van der Waals surface area contributed by atoms with Gasteiger partial charge in [-0.05, 0) is 49.4 Å². The number of hydrogen-bond donors (Lipinski definition) is 1. The Labute approximate surface area is 172 Å². The van der Waals surface area contributed by atoms with E-state index in [0.717, 1.165) is 0 Å². The maximum absolute atomic E-state index is 12.3. The van der Waals surface area contributed by atoms with Crippen LogP contribution in [0, 0.1) is 5.92 Å². The number of anilines is 2. The van der Waals surface area contributed by atoms with Crippen LogP contribution in [0.3, 0.4) is 0 Å². The first-order valence-electron chi connectivity index (χ1n) is 8.97. The van der Waals surface area contributed by atoms with Crippen molar-refractivity contribution in [3.63, 3.8) is 0 Å². The molecule has 0 bridgehead atoms. The molecule has 1 atom stereocenters. The fraction of sp³-hybridized carbons (Fsp3) is 0.238. The number of ketones is 1. The number of carbonyl (C=O) groups excluding carboxylic acids is 4. The molecule has 150 valence electrons. The molecule has 2 aromatic carbocycles. The van der Waals surface area contributed by atoms with Crippen LogP contribution in [0.1, 0.15) is 23.7 Å². The highest BCUT2D eigenvalue weighted by Crippen LogP contribution is 2.27. The van der Waals surface area contributed by atoms with E-state index < -0.39 is 24.4 Å². The molecule has 2 aromatic rings. The number of benzene rings is 2. The largest absolute Gasteiger partial charge is 0.455 e. The van der Waals surface area contributed by atoms with Crippen LogP contribution < -0.4 is 10.2 Å². The van der Waals surface area contributed by atoms with E-state index in [1.165, 1.54) is 11.8 Å². The van der Waals surface area contributed by atoms with E-state index in [2.05, 4.69) is 5.32 Å². The van der Waals surface area contributed by atoms with E-state index in [1.54, 1.807) is 48.5 Å². The lowest BCUT2D eigenvalue weighted by Crippen LogP contribution is -2.28. The number of rotatable bonds is 6. The molecular formula is C21H19ClN2O5. The molecule has 0 saturated carbocycles. The first kappa shape index (κ1) is 20.5. The van der Waals surface area contributed by atoms with E-state index in [4.69, 9.17) is 16.3 Å². The lowest BCUT2D eigenvalue weighted by molar-refractivity contribution is -0.151. The van der Waals surface area contributed by atoms with Crippen molar-refractivity contribution in [2.75, 3.05) is 23.4 Å². The third-order valence-electron chi connectivity index (χ3n) is 4.50. The summed E-state index contributed by atoms with van der Waals surface area (Å²) in [5.74, 6) is -2.04. The molecule has 29 heavy (non-hydrogen) atoms. The lowest BCUT2D eigenvalue weighted by atomic mass is 10.1. The average molecular weight is 415 g/mol. The molecule has 1 heterocycles. The molecule has 0 aromatic heterocycles. The Morgan fingerprint density at radius 1 is 1.17 bits per heavy atom. The fourth-order valence-electron chi connectivity index (χ4n) is 3.00. The zero-order valence-corrected chi connectivity index (χ0v) is 16.4. The van der Waals surface area contributed by atoms with Crippen molar-refractivity contribution >= 4 is 46.5 Å². The average Bonchev–Trinajstić information content (AvgIpc) is 3.08. The fourth-order valence-corrected chi connectivity index (χ4v) is 3.18. The van der Waals surface area contributed by atoms with Gasteiger partial charge in [-0.3, -0.25) is 19.2 Å². The molecule has 0 aliphatic carbocycles. The Kier molecular flexibility index (Phi) is 6.29. The first-order chi connectivity index (χ1) is 13.8. The van der Waals surface area contributed by atoms with Crippen molar-refractivity contribution in [1.82, 2.24) is 0 Å². The summed E-state index contributed by atoms with van der Waals surface area (Å²) in [6.07, 6.45) is 0.0134. The highest BCUT2D eigenvalue weighted by atomic mass is 35.5. The molecule has 2 amide bonds. The van der Waals surface area contributed by atoms with Crippen LogP contribution in [0.5, 0.6) is 0 Å². The maximum atomic E-state index is 12.3. The van der Waals surface area contributed by atoms with Crippen molar-refractivity contribution in [3.8, 4) is 0 Å². The zero-order valence-electron chi connectivity index (χ0n) is 15.7. The van der Waals surface area contributed by atoms with Gasteiger partial charge in [-0.25, -0.2) is 0 Å². The van der Waals surface area contributed by atoms with Gasteiger partial charge in [0.25, 0.3) is 5.91 Å². The van der Waals surface area contributed by atoms with Crippen LogP contribution in [0.15, 0.2) is 48.5 Å². The Bertz CT molecular complexity index is 958. The predicted molar refractivity (Wildman–Crippen MR) is 108 cm³/mol. The summed E-state index contributed by atoms with van der Waals surface area (Å²) < 4.78 is 5.07. The zero-order chi connectivity index (χ0) is 21.0. The molecule has 1 aliphatic rings. The maximum Gasteiger partial charge on any atom is 0.311 e. The van der Waals surface area contributed by atoms with Gasteiger partial charge in [-0.1, -0.05) is 17.7 Å². The van der Waals surface area contributed by atoms with Crippen molar-refractivity contribution in [1.29, 1.82) is 0 Å². The van der Waals surface area contributed by atoms with Crippen LogP contribution in [-0.4, -0.2) is 36.7 Å². The lowest BCUT2D eigenvalue weighted by Gasteiger charge is -2.16. The number of nitrogens with zero attached hydrogens (tertiary/aromatic N) is 1. The van der Waals surface area contributed by atoms with Crippen LogP contribution in [0.2, 0.25) is 5.02 Å². The molecule has 8 heteroatoms. The Morgan fingerprint density at radius 2 is 1.90 bits per heavy atom. The van der Waals surface area contributed by atoms with Gasteiger partial charge < -0.3 is 15.0 Å². The van der Waals surface area contributed by atoms with Crippen molar-refractivity contribution < 1.29 is 23.9 Å². The van der Waals surface area contributed by atoms with E-state index >= 15 is 0 Å². The van der Waals surface area contributed by atoms with E-state index in [1.807, 2.05) is 0 Å². The standard InChI is InChI=1S/C21H19ClN2O5/c1-13(25)14-5-7-17(8-6-14)23-19(26)12-29-21(28)15-9-20(27)24(11-15)18-4-2-3-16(22)10-18/h2-8,10,15H,9,11-12H2,1H3,(H,23,26)/t15-/m0/s1. The Morgan fingerprint density at radius 3 is 2.55 bits per heavy atom. The van der Waals surface area contributed by atoms with Crippen LogP contribution >= 0.6 is 11.6 Å². The number of nitrogens with one attached hydrogen (secondary N) is 1. The summed E-state index contributed by atoms with van der Waals surface area (Å²) in [7, 11) is 0. The number of hydrogen-bond acceptors (Lipinski definition) is 5. The second kappa shape index (κ2) is 8.87. The van der Waals surface area contributed by atoms with Crippen molar-refractivity contribution in [2.24, 2.45) is 5.92 Å². The van der Waals surface area contributed by atoms with Crippen LogP contribution in [-0.2, 0) is 19.1 Å². The number of ether oxygens (including phenoxy) is 1. The van der Waals surface area contributed by atoms with Gasteiger partial charge in [0.1, 0.15) is 0 Å². The van der Waals surface area contributed by atoms with E-state index in [9.17, 15) is 19.2 Å². The molecule has 0 radical (unpaired) electrons. The number of halogens is 1. The molecule has 1 fully saturated rings. The molecular weight excluding hydrogens is 396 g/mol. The van der Waals surface area contributed by atoms with Gasteiger partial charge in [0, 0.05) is 34.9 Å². The predicted octanol–water partition coefficient (Wildman–Crippen LogP) is 3.08. The number of carbonyl (C=O) groups is 4. The van der Waals surface area contributed by atoms with Gasteiger partial charge in [0.2, 0.25) is 5.91 Å². The van der Waals surface area contributed by atoms with Gasteiger partial charge in [0.05, 0.1) is 5.92 Å². The SMILES string of the molecule is CC(=O)c1ccc(NC(=O)COC(=O)[C@H]2CC(=O)N(c3cccc(Cl)c3)C2)cc1. The minimum absolute atomic E-state index is 0.0134. The summed E-state index contributed by atoms with van der Waals surface area (Å²) in [5.41, 5.74) is 1.63. The molecule has 1 N–H and O–H groups in total. The molecule has 3 rings (SSSR count). The van der Waals surface area contributed by atoms with Gasteiger partial charge in [-0.15, -0.1) is 0 Å². The van der Waals surface area contributed by atoms with Crippen LogP contribution in [0.4, 0.5) is 11.4 Å². The van der Waals surface area contributed by atoms with Gasteiger partial charge in [0.15, 0.2) is 12.4 Å². The minimum Gasteiger partial charge on any atom is -0.455 e.